The molecule has 0 radical (unpaired) electrons. The Hall–Kier alpha value is -2.67. The van der Waals surface area contributed by atoms with Gasteiger partial charge in [0.25, 0.3) is 0 Å². The first-order chi connectivity index (χ1) is 10.7. The van der Waals surface area contributed by atoms with Gasteiger partial charge >= 0.3 is 0 Å². The van der Waals surface area contributed by atoms with E-state index in [-0.39, 0.29) is 11.6 Å². The second kappa shape index (κ2) is 4.67. The predicted octanol–water partition coefficient (Wildman–Crippen LogP) is 4.58. The Balaban J connectivity index is 2.11. The molecule has 108 valence electrons. The number of hydrogen-bond acceptors (Lipinski definition) is 4. The second-order valence-electron chi connectivity index (χ2n) is 4.88. The first-order valence-corrected chi connectivity index (χ1v) is 7.29. The molecule has 0 saturated heterocycles. The molecule has 0 saturated carbocycles. The maximum Gasteiger partial charge on any atom is 0.199 e. The summed E-state index contributed by atoms with van der Waals surface area (Å²) in [5, 5.41) is 14.8. The molecule has 0 fully saturated rings. The van der Waals surface area contributed by atoms with Crippen molar-refractivity contribution in [3.05, 3.63) is 45.9 Å². The maximum absolute atomic E-state index is 11.3. The summed E-state index contributed by atoms with van der Waals surface area (Å²) in [5.74, 6) is -0.0236. The van der Waals surface area contributed by atoms with Crippen LogP contribution in [0.5, 0.6) is 5.88 Å². The SMILES string of the molecule is O=Nc1c(-c2c(O)[nH]c3cc(Br)ccc23)[nH]c2ncccc12. The van der Waals surface area contributed by atoms with Crippen molar-refractivity contribution < 1.29 is 5.11 Å². The number of aromatic hydroxyl groups is 1. The van der Waals surface area contributed by atoms with E-state index >= 15 is 0 Å². The van der Waals surface area contributed by atoms with Gasteiger partial charge in [-0.1, -0.05) is 22.0 Å². The Morgan fingerprint density at radius 1 is 1.18 bits per heavy atom. The quantitative estimate of drug-likeness (QED) is 0.459. The van der Waals surface area contributed by atoms with E-state index in [0.29, 0.717) is 22.3 Å². The van der Waals surface area contributed by atoms with Gasteiger partial charge in [-0.15, -0.1) is 4.91 Å². The molecule has 0 aliphatic heterocycles. The zero-order valence-electron chi connectivity index (χ0n) is 11.1. The topological polar surface area (TPSA) is 94.1 Å². The largest absolute Gasteiger partial charge is 0.494 e. The van der Waals surface area contributed by atoms with Crippen molar-refractivity contribution in [3.8, 4) is 17.1 Å². The Kier molecular flexibility index (Phi) is 2.77. The molecule has 4 rings (SSSR count). The summed E-state index contributed by atoms with van der Waals surface area (Å²) in [7, 11) is 0. The van der Waals surface area contributed by atoms with Gasteiger partial charge in [0.1, 0.15) is 11.3 Å². The van der Waals surface area contributed by atoms with Crippen LogP contribution in [0.15, 0.2) is 46.2 Å². The molecule has 3 heterocycles. The van der Waals surface area contributed by atoms with Crippen molar-refractivity contribution in [3.63, 3.8) is 0 Å². The van der Waals surface area contributed by atoms with Crippen molar-refractivity contribution in [2.75, 3.05) is 0 Å². The standard InChI is InChI=1S/C15H9BrN4O2/c16-7-3-4-8-10(6-7)18-15(21)11(8)13-12(20-22)9-2-1-5-17-14(9)19-13/h1-6,18,21H,(H,17,19). The van der Waals surface area contributed by atoms with E-state index in [1.807, 2.05) is 18.2 Å². The smallest absolute Gasteiger partial charge is 0.199 e. The molecule has 4 aromatic rings. The lowest BCUT2D eigenvalue weighted by Crippen LogP contribution is -1.78. The number of halogens is 1. The van der Waals surface area contributed by atoms with Gasteiger partial charge in [0, 0.05) is 21.4 Å². The van der Waals surface area contributed by atoms with Crippen LogP contribution in [-0.2, 0) is 0 Å². The van der Waals surface area contributed by atoms with E-state index < -0.39 is 0 Å². The molecule has 0 spiro atoms. The van der Waals surface area contributed by atoms with Crippen LogP contribution < -0.4 is 0 Å². The van der Waals surface area contributed by atoms with Crippen molar-refractivity contribution in [1.82, 2.24) is 15.0 Å². The summed E-state index contributed by atoms with van der Waals surface area (Å²) in [6.45, 7) is 0. The minimum atomic E-state index is -0.0236. The molecule has 6 nitrogen and oxygen atoms in total. The molecule has 3 aromatic heterocycles. The molecule has 7 heteroatoms. The lowest BCUT2D eigenvalue weighted by Gasteiger charge is -1.98. The summed E-state index contributed by atoms with van der Waals surface area (Å²) in [6.07, 6.45) is 1.63. The highest BCUT2D eigenvalue weighted by atomic mass is 79.9. The number of pyridine rings is 1. The van der Waals surface area contributed by atoms with Crippen LogP contribution in [-0.4, -0.2) is 20.1 Å². The van der Waals surface area contributed by atoms with E-state index in [0.717, 1.165) is 15.4 Å². The van der Waals surface area contributed by atoms with Crippen molar-refractivity contribution >= 4 is 43.6 Å². The van der Waals surface area contributed by atoms with Gasteiger partial charge in [-0.05, 0) is 29.4 Å². The third-order valence-electron chi connectivity index (χ3n) is 3.63. The number of nitroso groups, excluding NO2 is 1. The maximum atomic E-state index is 11.3. The number of hydrogen-bond donors (Lipinski definition) is 3. The Morgan fingerprint density at radius 3 is 2.86 bits per heavy atom. The molecule has 0 aliphatic carbocycles. The van der Waals surface area contributed by atoms with Gasteiger partial charge in [0.05, 0.1) is 16.8 Å². The first-order valence-electron chi connectivity index (χ1n) is 6.49. The zero-order valence-corrected chi connectivity index (χ0v) is 12.7. The number of H-pyrrole nitrogens is 2. The summed E-state index contributed by atoms with van der Waals surface area (Å²) >= 11 is 3.39. The third kappa shape index (κ3) is 1.75. The van der Waals surface area contributed by atoms with Crippen LogP contribution in [0, 0.1) is 4.91 Å². The van der Waals surface area contributed by atoms with Crippen LogP contribution in [0.4, 0.5) is 5.69 Å². The zero-order chi connectivity index (χ0) is 15.3. The molecule has 0 amide bonds. The molecule has 0 aliphatic rings. The molecular formula is C15H9BrN4O2. The Morgan fingerprint density at radius 2 is 2.05 bits per heavy atom. The molecule has 1 aromatic carbocycles. The molecule has 0 atom stereocenters. The minimum absolute atomic E-state index is 0.0236. The lowest BCUT2D eigenvalue weighted by atomic mass is 10.1. The van der Waals surface area contributed by atoms with Crippen LogP contribution in [0.25, 0.3) is 33.2 Å². The number of fused-ring (bicyclic) bond motifs is 2. The fourth-order valence-electron chi connectivity index (χ4n) is 2.69. The van der Waals surface area contributed by atoms with Crippen LogP contribution >= 0.6 is 15.9 Å². The van der Waals surface area contributed by atoms with Crippen molar-refractivity contribution in [2.45, 2.75) is 0 Å². The molecule has 0 unspecified atom stereocenters. The van der Waals surface area contributed by atoms with Gasteiger partial charge in [-0.3, -0.25) is 0 Å². The second-order valence-corrected chi connectivity index (χ2v) is 5.79. The highest BCUT2D eigenvalue weighted by molar-refractivity contribution is 9.10. The van der Waals surface area contributed by atoms with E-state index in [1.54, 1.807) is 18.3 Å². The number of nitrogens with one attached hydrogen (secondary N) is 2. The summed E-state index contributed by atoms with van der Waals surface area (Å²) in [5.41, 5.74) is 2.51. The number of nitrogens with zero attached hydrogens (tertiary/aromatic N) is 2. The Bertz CT molecular complexity index is 1030. The van der Waals surface area contributed by atoms with E-state index in [9.17, 15) is 10.0 Å². The summed E-state index contributed by atoms with van der Waals surface area (Å²) in [6, 6.07) is 9.09. The van der Waals surface area contributed by atoms with Gasteiger partial charge in [0.15, 0.2) is 5.88 Å². The van der Waals surface area contributed by atoms with E-state index in [4.69, 9.17) is 0 Å². The number of aromatic nitrogens is 3. The Labute approximate surface area is 132 Å². The average Bonchev–Trinajstić information content (AvgIpc) is 3.02. The van der Waals surface area contributed by atoms with Gasteiger partial charge in [-0.25, -0.2) is 4.98 Å². The van der Waals surface area contributed by atoms with Crippen LogP contribution in [0.2, 0.25) is 0 Å². The average molecular weight is 357 g/mol. The molecule has 3 N–H and O–H groups in total. The monoisotopic (exact) mass is 356 g/mol. The fourth-order valence-corrected chi connectivity index (χ4v) is 3.05. The molecule has 0 bridgehead atoms. The van der Waals surface area contributed by atoms with Gasteiger partial charge in [-0.2, -0.15) is 0 Å². The summed E-state index contributed by atoms with van der Waals surface area (Å²) in [4.78, 5) is 21.5. The number of aromatic amines is 2. The van der Waals surface area contributed by atoms with Gasteiger partial charge in [0.2, 0.25) is 0 Å². The van der Waals surface area contributed by atoms with Crippen LogP contribution in [0.1, 0.15) is 0 Å². The van der Waals surface area contributed by atoms with E-state index in [1.165, 1.54) is 0 Å². The normalized spacial score (nSPS) is 11.3. The molecule has 22 heavy (non-hydrogen) atoms. The van der Waals surface area contributed by atoms with Crippen molar-refractivity contribution in [2.24, 2.45) is 5.18 Å². The van der Waals surface area contributed by atoms with E-state index in [2.05, 4.69) is 36.1 Å². The highest BCUT2D eigenvalue weighted by Gasteiger charge is 2.21. The van der Waals surface area contributed by atoms with Gasteiger partial charge < -0.3 is 15.1 Å². The fraction of sp³-hybridized carbons (Fsp3) is 0. The summed E-state index contributed by atoms with van der Waals surface area (Å²) < 4.78 is 0.889. The number of benzene rings is 1. The first kappa shape index (κ1) is 13.0. The number of rotatable bonds is 2. The van der Waals surface area contributed by atoms with Crippen molar-refractivity contribution in [1.29, 1.82) is 0 Å². The predicted molar refractivity (Wildman–Crippen MR) is 88.2 cm³/mol. The third-order valence-corrected chi connectivity index (χ3v) is 4.12. The highest BCUT2D eigenvalue weighted by Crippen LogP contribution is 2.44. The lowest BCUT2D eigenvalue weighted by molar-refractivity contribution is 0.460. The minimum Gasteiger partial charge on any atom is -0.494 e. The van der Waals surface area contributed by atoms with Crippen LogP contribution in [0.3, 0.4) is 0 Å². The molecular weight excluding hydrogens is 348 g/mol.